The Bertz CT molecular complexity index is 458. The van der Waals surface area contributed by atoms with Crippen LogP contribution in [-0.4, -0.2) is 28.9 Å². The SMILES string of the molecule is CCCN(CC(N)=S)C(=O)c1cc2c(s1)CCCC2. The van der Waals surface area contributed by atoms with E-state index in [9.17, 15) is 4.79 Å². The van der Waals surface area contributed by atoms with Crippen LogP contribution in [-0.2, 0) is 12.8 Å². The van der Waals surface area contributed by atoms with Gasteiger partial charge < -0.3 is 10.6 Å². The minimum atomic E-state index is 0.0778. The first kappa shape index (κ1) is 14.5. The van der Waals surface area contributed by atoms with E-state index in [0.717, 1.165) is 24.1 Å². The number of fused-ring (bicyclic) bond motifs is 1. The van der Waals surface area contributed by atoms with Gasteiger partial charge in [-0.2, -0.15) is 0 Å². The Labute approximate surface area is 123 Å². The minimum absolute atomic E-state index is 0.0778. The lowest BCUT2D eigenvalue weighted by Gasteiger charge is -2.20. The van der Waals surface area contributed by atoms with Crippen LogP contribution in [0.5, 0.6) is 0 Å². The zero-order chi connectivity index (χ0) is 13.8. The number of aryl methyl sites for hydroxylation is 2. The number of rotatable bonds is 5. The fraction of sp³-hybridized carbons (Fsp3) is 0.571. The molecule has 0 aliphatic heterocycles. The summed E-state index contributed by atoms with van der Waals surface area (Å²) in [6.45, 7) is 3.14. The zero-order valence-electron chi connectivity index (χ0n) is 11.3. The first-order valence-corrected chi connectivity index (χ1v) is 8.03. The van der Waals surface area contributed by atoms with Gasteiger partial charge in [-0.3, -0.25) is 4.79 Å². The van der Waals surface area contributed by atoms with Crippen molar-refractivity contribution in [3.05, 3.63) is 21.4 Å². The average Bonchev–Trinajstić information content (AvgIpc) is 2.80. The Morgan fingerprint density at radius 3 is 2.84 bits per heavy atom. The van der Waals surface area contributed by atoms with Crippen molar-refractivity contribution in [3.63, 3.8) is 0 Å². The molecule has 0 aromatic carbocycles. The molecule has 0 saturated carbocycles. The first-order chi connectivity index (χ1) is 9.11. The molecule has 1 aliphatic carbocycles. The zero-order valence-corrected chi connectivity index (χ0v) is 12.9. The van der Waals surface area contributed by atoms with Gasteiger partial charge >= 0.3 is 0 Å². The van der Waals surface area contributed by atoms with E-state index in [0.29, 0.717) is 18.1 Å². The van der Waals surface area contributed by atoms with Gasteiger partial charge in [-0.25, -0.2) is 0 Å². The molecule has 5 heteroatoms. The van der Waals surface area contributed by atoms with Gasteiger partial charge in [0.1, 0.15) is 0 Å². The quantitative estimate of drug-likeness (QED) is 0.850. The fourth-order valence-corrected chi connectivity index (χ4v) is 3.84. The standard InChI is InChI=1S/C14H20N2OS2/c1-2-7-16(9-13(15)18)14(17)12-8-10-5-3-4-6-11(10)19-12/h8H,2-7,9H2,1H3,(H2,15,18). The van der Waals surface area contributed by atoms with Crippen molar-refractivity contribution in [2.24, 2.45) is 5.73 Å². The van der Waals surface area contributed by atoms with Crippen molar-refractivity contribution in [2.75, 3.05) is 13.1 Å². The highest BCUT2D eigenvalue weighted by atomic mass is 32.1. The van der Waals surface area contributed by atoms with Crippen LogP contribution in [0.15, 0.2) is 6.07 Å². The van der Waals surface area contributed by atoms with Gasteiger partial charge in [0.05, 0.1) is 16.4 Å². The molecule has 0 radical (unpaired) electrons. The van der Waals surface area contributed by atoms with E-state index in [1.54, 1.807) is 16.2 Å². The minimum Gasteiger partial charge on any atom is -0.392 e. The van der Waals surface area contributed by atoms with Gasteiger partial charge in [0.25, 0.3) is 5.91 Å². The lowest BCUT2D eigenvalue weighted by Crippen LogP contribution is -2.37. The Kier molecular flexibility index (Phi) is 4.93. The van der Waals surface area contributed by atoms with Crippen molar-refractivity contribution < 1.29 is 4.79 Å². The smallest absolute Gasteiger partial charge is 0.264 e. The molecule has 2 rings (SSSR count). The molecule has 1 aliphatic rings. The second-order valence-electron chi connectivity index (χ2n) is 4.96. The van der Waals surface area contributed by atoms with E-state index >= 15 is 0 Å². The molecule has 0 saturated heterocycles. The highest BCUT2D eigenvalue weighted by Gasteiger charge is 2.21. The Balaban J connectivity index is 2.16. The second kappa shape index (κ2) is 6.48. The maximum Gasteiger partial charge on any atom is 0.264 e. The molecular formula is C14H20N2OS2. The number of carbonyl (C=O) groups is 1. The Hall–Kier alpha value is -0.940. The number of amides is 1. The van der Waals surface area contributed by atoms with E-state index in [4.69, 9.17) is 18.0 Å². The van der Waals surface area contributed by atoms with Crippen LogP contribution < -0.4 is 5.73 Å². The normalized spacial score (nSPS) is 13.9. The highest BCUT2D eigenvalue weighted by Crippen LogP contribution is 2.30. The van der Waals surface area contributed by atoms with E-state index < -0.39 is 0 Å². The van der Waals surface area contributed by atoms with E-state index in [2.05, 4.69) is 13.0 Å². The monoisotopic (exact) mass is 296 g/mol. The Morgan fingerprint density at radius 1 is 1.47 bits per heavy atom. The predicted octanol–water partition coefficient (Wildman–Crippen LogP) is 2.77. The van der Waals surface area contributed by atoms with Crippen molar-refractivity contribution in [1.29, 1.82) is 0 Å². The summed E-state index contributed by atoms with van der Waals surface area (Å²) >= 11 is 6.58. The largest absolute Gasteiger partial charge is 0.392 e. The molecule has 0 spiro atoms. The molecule has 1 heterocycles. The van der Waals surface area contributed by atoms with Gasteiger partial charge in [-0.05, 0) is 43.7 Å². The van der Waals surface area contributed by atoms with Crippen LogP contribution in [0.25, 0.3) is 0 Å². The van der Waals surface area contributed by atoms with Crippen LogP contribution in [0.3, 0.4) is 0 Å². The van der Waals surface area contributed by atoms with Crippen molar-refractivity contribution in [3.8, 4) is 0 Å². The molecule has 0 bridgehead atoms. The molecule has 1 aromatic heterocycles. The van der Waals surface area contributed by atoms with Gasteiger partial charge in [0.2, 0.25) is 0 Å². The summed E-state index contributed by atoms with van der Waals surface area (Å²) in [5, 5.41) is 0. The molecule has 104 valence electrons. The van der Waals surface area contributed by atoms with Crippen molar-refractivity contribution in [1.82, 2.24) is 4.90 Å². The van der Waals surface area contributed by atoms with E-state index in [1.807, 2.05) is 0 Å². The number of nitrogens with two attached hydrogens (primary N) is 1. The van der Waals surface area contributed by atoms with Gasteiger partial charge in [0, 0.05) is 11.4 Å². The van der Waals surface area contributed by atoms with Gasteiger partial charge in [-0.1, -0.05) is 19.1 Å². The Morgan fingerprint density at radius 2 is 2.21 bits per heavy atom. The van der Waals surface area contributed by atoms with Crippen molar-refractivity contribution >= 4 is 34.5 Å². The summed E-state index contributed by atoms with van der Waals surface area (Å²) in [6, 6.07) is 2.07. The number of thiophene rings is 1. The van der Waals surface area contributed by atoms with Crippen LogP contribution in [0, 0.1) is 0 Å². The summed E-state index contributed by atoms with van der Waals surface area (Å²) in [7, 11) is 0. The summed E-state index contributed by atoms with van der Waals surface area (Å²) in [5.41, 5.74) is 6.94. The maximum absolute atomic E-state index is 12.5. The van der Waals surface area contributed by atoms with E-state index in [-0.39, 0.29) is 5.91 Å². The maximum atomic E-state index is 12.5. The lowest BCUT2D eigenvalue weighted by atomic mass is 9.99. The highest BCUT2D eigenvalue weighted by molar-refractivity contribution is 7.80. The fourth-order valence-electron chi connectivity index (χ4n) is 2.46. The molecular weight excluding hydrogens is 276 g/mol. The average molecular weight is 296 g/mol. The van der Waals surface area contributed by atoms with Crippen LogP contribution >= 0.6 is 23.6 Å². The number of nitrogens with zero attached hydrogens (tertiary/aromatic N) is 1. The molecule has 0 atom stereocenters. The number of thiocarbonyl (C=S) groups is 1. The molecule has 3 nitrogen and oxygen atoms in total. The van der Waals surface area contributed by atoms with Crippen molar-refractivity contribution in [2.45, 2.75) is 39.0 Å². The topological polar surface area (TPSA) is 46.3 Å². The molecule has 19 heavy (non-hydrogen) atoms. The molecule has 1 aromatic rings. The van der Waals surface area contributed by atoms with E-state index in [1.165, 1.54) is 23.3 Å². The first-order valence-electron chi connectivity index (χ1n) is 6.81. The molecule has 2 N–H and O–H groups in total. The number of hydrogen-bond donors (Lipinski definition) is 1. The van der Waals surface area contributed by atoms with Crippen LogP contribution in [0.2, 0.25) is 0 Å². The third-order valence-electron chi connectivity index (χ3n) is 3.33. The van der Waals surface area contributed by atoms with Crippen LogP contribution in [0.4, 0.5) is 0 Å². The second-order valence-corrected chi connectivity index (χ2v) is 6.62. The third-order valence-corrected chi connectivity index (χ3v) is 4.69. The molecule has 0 fully saturated rings. The predicted molar refractivity (Wildman–Crippen MR) is 83.9 cm³/mol. The summed E-state index contributed by atoms with van der Waals surface area (Å²) in [6.07, 6.45) is 5.63. The number of carbonyl (C=O) groups excluding carboxylic acids is 1. The third kappa shape index (κ3) is 3.54. The summed E-state index contributed by atoms with van der Waals surface area (Å²) < 4.78 is 0. The number of hydrogen-bond acceptors (Lipinski definition) is 3. The summed E-state index contributed by atoms with van der Waals surface area (Å²) in [4.78, 5) is 16.9. The molecule has 0 unspecified atom stereocenters. The van der Waals surface area contributed by atoms with Gasteiger partial charge in [-0.15, -0.1) is 11.3 Å². The molecule has 1 amide bonds. The summed E-state index contributed by atoms with van der Waals surface area (Å²) in [5.74, 6) is 0.0778. The van der Waals surface area contributed by atoms with Crippen LogP contribution in [0.1, 0.15) is 46.3 Å². The lowest BCUT2D eigenvalue weighted by molar-refractivity contribution is 0.0784. The van der Waals surface area contributed by atoms with Gasteiger partial charge in [0.15, 0.2) is 0 Å².